The summed E-state index contributed by atoms with van der Waals surface area (Å²) < 4.78 is 32.9. The highest BCUT2D eigenvalue weighted by atomic mass is 31.2. The van der Waals surface area contributed by atoms with Crippen LogP contribution < -0.4 is 5.73 Å². The lowest BCUT2D eigenvalue weighted by Gasteiger charge is -2.44. The van der Waals surface area contributed by atoms with E-state index in [1.54, 1.807) is 35.0 Å². The zero-order valence-electron chi connectivity index (χ0n) is 24.9. The van der Waals surface area contributed by atoms with Crippen molar-refractivity contribution in [2.24, 2.45) is 0 Å². The molecule has 5 atom stereocenters. The number of aromatic nitrogens is 1. The van der Waals surface area contributed by atoms with Gasteiger partial charge in [0.2, 0.25) is 0 Å². The number of aliphatic hydroxyl groups excluding tert-OH is 2. The maximum absolute atomic E-state index is 13.6. The number of carbonyl (C=O) groups excluding carboxylic acids is 1. The van der Waals surface area contributed by atoms with E-state index in [2.05, 4.69) is 0 Å². The van der Waals surface area contributed by atoms with Gasteiger partial charge in [-0.25, -0.2) is 4.79 Å². The van der Waals surface area contributed by atoms with Crippen molar-refractivity contribution in [3.05, 3.63) is 138 Å². The maximum atomic E-state index is 13.6. The third kappa shape index (κ3) is 7.30. The molecule has 1 aromatic heterocycles. The highest BCUT2D eigenvalue weighted by Gasteiger charge is 2.50. The number of anilines is 1. The Morgan fingerprint density at radius 2 is 1.41 bits per heavy atom. The number of hydrogen-bond acceptors (Lipinski definition) is 9. The van der Waals surface area contributed by atoms with Crippen LogP contribution in [-0.4, -0.2) is 51.8 Å². The van der Waals surface area contributed by atoms with Gasteiger partial charge >= 0.3 is 14.6 Å². The molecular weight excluding hydrogens is 607 g/mol. The molecule has 0 saturated carbocycles. The number of rotatable bonds is 12. The van der Waals surface area contributed by atoms with Gasteiger partial charge < -0.3 is 43.6 Å². The van der Waals surface area contributed by atoms with Gasteiger partial charge in [0.05, 0.1) is 30.9 Å². The van der Waals surface area contributed by atoms with Crippen molar-refractivity contribution in [1.29, 1.82) is 0 Å². The van der Waals surface area contributed by atoms with Crippen LogP contribution in [0.15, 0.2) is 121 Å². The molecule has 0 amide bonds. The van der Waals surface area contributed by atoms with Crippen molar-refractivity contribution < 1.29 is 38.1 Å². The van der Waals surface area contributed by atoms with Gasteiger partial charge in [0.25, 0.3) is 0 Å². The Hall–Kier alpha value is -4.12. The summed E-state index contributed by atoms with van der Waals surface area (Å²) in [5.41, 5.74) is 9.08. The largest absolute Gasteiger partial charge is 0.451 e. The van der Waals surface area contributed by atoms with Gasteiger partial charge in [-0.15, -0.1) is 0 Å². The molecule has 1 aliphatic rings. The lowest BCUT2D eigenvalue weighted by atomic mass is 9.97. The minimum atomic E-state index is -2.13. The van der Waals surface area contributed by atoms with Crippen molar-refractivity contribution in [3.8, 4) is 0 Å². The van der Waals surface area contributed by atoms with E-state index in [-0.39, 0.29) is 24.5 Å². The Bertz CT molecular complexity index is 1680. The zero-order chi connectivity index (χ0) is 31.9. The van der Waals surface area contributed by atoms with Gasteiger partial charge in [0.15, 0.2) is 12.3 Å². The molecule has 1 saturated heterocycles. The topological polar surface area (TPSA) is 135 Å². The molecule has 10 nitrogen and oxygen atoms in total. The first-order valence-corrected chi connectivity index (χ1v) is 16.0. The first-order valence-electron chi connectivity index (χ1n) is 14.9. The summed E-state index contributed by atoms with van der Waals surface area (Å²) in [7, 11) is -2.13. The van der Waals surface area contributed by atoms with Crippen LogP contribution in [0.3, 0.4) is 0 Å². The van der Waals surface area contributed by atoms with Crippen LogP contribution in [0.25, 0.3) is 10.9 Å². The molecule has 1 fully saturated rings. The molecular formula is C35H35N2O8P. The fraction of sp³-hybridized carbons (Fsp3) is 0.229. The van der Waals surface area contributed by atoms with Gasteiger partial charge in [-0.05, 0) is 40.8 Å². The Morgan fingerprint density at radius 3 is 2.07 bits per heavy atom. The van der Waals surface area contributed by atoms with Crippen LogP contribution in [0.5, 0.6) is 0 Å². The lowest BCUT2D eigenvalue weighted by molar-refractivity contribution is -0.245. The smallest absolute Gasteiger partial charge is 0.340 e. The third-order valence-electron chi connectivity index (χ3n) is 7.71. The Kier molecular flexibility index (Phi) is 10.4. The molecule has 5 aromatic rings. The molecule has 46 heavy (non-hydrogen) atoms. The zero-order valence-corrected chi connectivity index (χ0v) is 25.8. The average Bonchev–Trinajstić information content (AvgIpc) is 3.52. The molecule has 1 aliphatic heterocycles. The summed E-state index contributed by atoms with van der Waals surface area (Å²) in [4.78, 5) is 13.6. The first kappa shape index (κ1) is 31.8. The molecule has 6 rings (SSSR count). The molecule has 238 valence electrons. The van der Waals surface area contributed by atoms with Gasteiger partial charge in [0.1, 0.15) is 18.3 Å². The molecule has 0 spiro atoms. The van der Waals surface area contributed by atoms with Crippen LogP contribution in [-0.2, 0) is 36.3 Å². The summed E-state index contributed by atoms with van der Waals surface area (Å²) in [6.07, 6.45) is -4.14. The number of nitrogens with two attached hydrogens (primary N) is 1. The van der Waals surface area contributed by atoms with Crippen molar-refractivity contribution in [2.75, 3.05) is 12.3 Å². The summed E-state index contributed by atoms with van der Waals surface area (Å²) in [6.45, 7) is -0.182. The number of fused-ring (bicyclic) bond motifs is 1. The van der Waals surface area contributed by atoms with Crippen LogP contribution in [0, 0.1) is 0 Å². The monoisotopic (exact) mass is 642 g/mol. The van der Waals surface area contributed by atoms with Gasteiger partial charge in [0, 0.05) is 11.9 Å². The average molecular weight is 643 g/mol. The lowest BCUT2D eigenvalue weighted by Crippen LogP contribution is -2.58. The molecule has 11 heteroatoms. The van der Waals surface area contributed by atoms with E-state index in [1.807, 2.05) is 91.0 Å². The molecule has 0 aliphatic carbocycles. The fourth-order valence-corrected chi connectivity index (χ4v) is 6.47. The van der Waals surface area contributed by atoms with Crippen LogP contribution in [0.2, 0.25) is 0 Å². The summed E-state index contributed by atoms with van der Waals surface area (Å²) in [5.74, 6) is -0.726. The van der Waals surface area contributed by atoms with Crippen LogP contribution in [0.1, 0.15) is 27.7 Å². The molecule has 4 aromatic carbocycles. The Balaban J connectivity index is 1.35. The van der Waals surface area contributed by atoms with E-state index in [0.29, 0.717) is 0 Å². The van der Waals surface area contributed by atoms with Gasteiger partial charge in [-0.2, -0.15) is 0 Å². The van der Waals surface area contributed by atoms with E-state index in [0.717, 1.165) is 22.0 Å². The second-order valence-corrected chi connectivity index (χ2v) is 12.0. The second kappa shape index (κ2) is 15.0. The van der Waals surface area contributed by atoms with Crippen LogP contribution in [0.4, 0.5) is 5.69 Å². The van der Waals surface area contributed by atoms with E-state index in [4.69, 9.17) is 28.8 Å². The molecule has 2 heterocycles. The molecule has 4 N–H and O–H groups in total. The first-order chi connectivity index (χ1) is 22.5. The SMILES string of the molecule is Nc1ccccc1C(=O)OC1C(OP(OCc2ccccc2)OCc2ccccc2)C(O)C(CO)OC1n1ccc2ccccc21. The van der Waals surface area contributed by atoms with E-state index in [9.17, 15) is 15.0 Å². The number of nitrogens with zero attached hydrogens (tertiary/aromatic N) is 1. The summed E-state index contributed by atoms with van der Waals surface area (Å²) in [6, 6.07) is 35.2. The highest BCUT2D eigenvalue weighted by Crippen LogP contribution is 2.47. The van der Waals surface area contributed by atoms with E-state index in [1.165, 1.54) is 0 Å². The third-order valence-corrected chi connectivity index (χ3v) is 8.81. The van der Waals surface area contributed by atoms with Gasteiger partial charge in [-0.1, -0.05) is 91.0 Å². The second-order valence-electron chi connectivity index (χ2n) is 10.8. The normalized spacial score (nSPS) is 21.4. The minimum Gasteiger partial charge on any atom is -0.451 e. The number of aliphatic hydroxyl groups is 2. The molecule has 0 bridgehead atoms. The quantitative estimate of drug-likeness (QED) is 0.0884. The Labute approximate surface area is 267 Å². The van der Waals surface area contributed by atoms with Crippen molar-refractivity contribution in [2.45, 2.75) is 43.9 Å². The number of benzene rings is 4. The predicted molar refractivity (Wildman–Crippen MR) is 173 cm³/mol. The summed E-state index contributed by atoms with van der Waals surface area (Å²) >= 11 is 0. The minimum absolute atomic E-state index is 0.152. The number of esters is 1. The number of ether oxygens (including phenoxy) is 2. The molecule has 0 radical (unpaired) electrons. The maximum Gasteiger partial charge on any atom is 0.340 e. The standard InChI is InChI=1S/C35H35N2O8P/c36-28-17-9-8-16-27(28)35(40)44-33-32(31(39)30(21-38)43-34(33)37-20-19-26-15-7-10-18-29(26)37)45-46(41-22-24-11-3-1-4-12-24)42-23-25-13-5-2-6-14-25/h1-20,30-34,38-39H,21-23,36H2. The van der Waals surface area contributed by atoms with Crippen molar-refractivity contribution in [1.82, 2.24) is 4.57 Å². The number of carbonyl (C=O) groups is 1. The number of nitrogen functional groups attached to an aromatic ring is 1. The molecule has 5 unspecified atom stereocenters. The highest BCUT2D eigenvalue weighted by molar-refractivity contribution is 7.41. The summed E-state index contributed by atoms with van der Waals surface area (Å²) in [5, 5.41) is 22.8. The van der Waals surface area contributed by atoms with Crippen molar-refractivity contribution in [3.63, 3.8) is 0 Å². The van der Waals surface area contributed by atoms with Crippen molar-refractivity contribution >= 4 is 31.2 Å². The fourth-order valence-electron chi connectivity index (χ4n) is 5.32. The van der Waals surface area contributed by atoms with Gasteiger partial charge in [-0.3, -0.25) is 0 Å². The van der Waals surface area contributed by atoms with Crippen LogP contribution >= 0.6 is 8.60 Å². The predicted octanol–water partition coefficient (Wildman–Crippen LogP) is 5.75. The van der Waals surface area contributed by atoms with E-state index < -0.39 is 51.8 Å². The Morgan fingerprint density at radius 1 is 0.804 bits per heavy atom. The number of hydrogen-bond donors (Lipinski definition) is 3. The number of para-hydroxylation sites is 2. The van der Waals surface area contributed by atoms with E-state index >= 15 is 0 Å².